The van der Waals surface area contributed by atoms with Gasteiger partial charge < -0.3 is 9.88 Å². The third-order valence-corrected chi connectivity index (χ3v) is 4.55. The summed E-state index contributed by atoms with van der Waals surface area (Å²) >= 11 is 1.37. The van der Waals surface area contributed by atoms with E-state index in [1.54, 1.807) is 23.7 Å². The van der Waals surface area contributed by atoms with Gasteiger partial charge in [0.15, 0.2) is 10.6 Å². The second-order valence-corrected chi connectivity index (χ2v) is 6.23. The van der Waals surface area contributed by atoms with Crippen LogP contribution in [-0.4, -0.2) is 15.5 Å². The van der Waals surface area contributed by atoms with Crippen molar-refractivity contribution in [3.63, 3.8) is 0 Å². The quantitative estimate of drug-likeness (QED) is 0.585. The molecule has 118 valence electrons. The number of anilines is 1. The SMILES string of the molecule is O=C(Cn1c2ccccc2c(=O)c2ccccc21)Nc1nccs1. The second-order valence-electron chi connectivity index (χ2n) is 5.34. The Kier molecular flexibility index (Phi) is 3.59. The maximum absolute atomic E-state index is 12.7. The van der Waals surface area contributed by atoms with Gasteiger partial charge in [-0.25, -0.2) is 4.98 Å². The topological polar surface area (TPSA) is 64.0 Å². The Morgan fingerprint density at radius 3 is 2.25 bits per heavy atom. The lowest BCUT2D eigenvalue weighted by atomic mass is 10.1. The third kappa shape index (κ3) is 2.47. The minimum Gasteiger partial charge on any atom is -0.331 e. The molecule has 0 spiro atoms. The van der Waals surface area contributed by atoms with Gasteiger partial charge in [-0.3, -0.25) is 9.59 Å². The Balaban J connectivity index is 1.87. The van der Waals surface area contributed by atoms with Gasteiger partial charge in [-0.05, 0) is 24.3 Å². The van der Waals surface area contributed by atoms with E-state index in [0.717, 1.165) is 11.0 Å². The molecule has 2 aromatic heterocycles. The molecule has 6 heteroatoms. The number of pyridine rings is 1. The molecule has 0 atom stereocenters. The van der Waals surface area contributed by atoms with Crippen LogP contribution >= 0.6 is 11.3 Å². The van der Waals surface area contributed by atoms with E-state index in [1.807, 2.05) is 41.0 Å². The van der Waals surface area contributed by atoms with Crippen LogP contribution in [0.3, 0.4) is 0 Å². The van der Waals surface area contributed by atoms with Crippen LogP contribution in [0.1, 0.15) is 0 Å². The summed E-state index contributed by atoms with van der Waals surface area (Å²) in [6.07, 6.45) is 1.64. The van der Waals surface area contributed by atoms with Gasteiger partial charge in [-0.15, -0.1) is 11.3 Å². The van der Waals surface area contributed by atoms with Crippen molar-refractivity contribution in [2.45, 2.75) is 6.54 Å². The highest BCUT2D eigenvalue weighted by Crippen LogP contribution is 2.19. The first kappa shape index (κ1) is 14.6. The van der Waals surface area contributed by atoms with E-state index in [4.69, 9.17) is 0 Å². The summed E-state index contributed by atoms with van der Waals surface area (Å²) in [7, 11) is 0. The van der Waals surface area contributed by atoms with Gasteiger partial charge >= 0.3 is 0 Å². The molecule has 2 heterocycles. The zero-order valence-electron chi connectivity index (χ0n) is 12.6. The number of benzene rings is 2. The van der Waals surface area contributed by atoms with Gasteiger partial charge in [0.1, 0.15) is 6.54 Å². The summed E-state index contributed by atoms with van der Waals surface area (Å²) in [4.78, 5) is 29.1. The standard InChI is InChI=1S/C18H13N3O2S/c22-16(20-18-19-9-10-24-18)11-21-14-7-3-1-5-12(14)17(23)13-6-2-4-8-15(13)21/h1-10H,11H2,(H,19,20,22). The summed E-state index contributed by atoms with van der Waals surface area (Å²) in [5.41, 5.74) is 1.48. The Morgan fingerprint density at radius 1 is 1.04 bits per heavy atom. The van der Waals surface area contributed by atoms with Gasteiger partial charge in [-0.2, -0.15) is 0 Å². The molecular formula is C18H13N3O2S. The predicted molar refractivity (Wildman–Crippen MR) is 96.5 cm³/mol. The second kappa shape index (κ2) is 5.90. The molecule has 1 amide bonds. The fourth-order valence-corrected chi connectivity index (χ4v) is 3.38. The number of thiazole rings is 1. The average Bonchev–Trinajstić information content (AvgIpc) is 3.11. The molecule has 0 aliphatic heterocycles. The molecule has 5 nitrogen and oxygen atoms in total. The van der Waals surface area contributed by atoms with Gasteiger partial charge in [0, 0.05) is 22.3 Å². The number of carbonyl (C=O) groups is 1. The van der Waals surface area contributed by atoms with Crippen LogP contribution in [0.25, 0.3) is 21.8 Å². The molecule has 2 aromatic carbocycles. The highest BCUT2D eigenvalue weighted by molar-refractivity contribution is 7.13. The number of hydrogen-bond acceptors (Lipinski definition) is 4. The molecule has 0 unspecified atom stereocenters. The molecule has 0 aliphatic carbocycles. The van der Waals surface area contributed by atoms with Gasteiger partial charge in [0.25, 0.3) is 0 Å². The van der Waals surface area contributed by atoms with Crippen molar-refractivity contribution >= 4 is 44.2 Å². The van der Waals surface area contributed by atoms with Gasteiger partial charge in [0.05, 0.1) is 11.0 Å². The molecule has 0 aliphatic rings. The Morgan fingerprint density at radius 2 is 1.67 bits per heavy atom. The predicted octanol–water partition coefficient (Wildman–Crippen LogP) is 3.25. The minimum atomic E-state index is -0.177. The summed E-state index contributed by atoms with van der Waals surface area (Å²) in [6.45, 7) is 0.112. The van der Waals surface area contributed by atoms with Gasteiger partial charge in [0.2, 0.25) is 5.91 Å². The van der Waals surface area contributed by atoms with E-state index in [9.17, 15) is 9.59 Å². The highest BCUT2D eigenvalue weighted by atomic mass is 32.1. The number of carbonyl (C=O) groups excluding carboxylic acids is 1. The molecular weight excluding hydrogens is 322 g/mol. The van der Waals surface area contributed by atoms with Crippen LogP contribution in [0.5, 0.6) is 0 Å². The number of nitrogens with one attached hydrogen (secondary N) is 1. The van der Waals surface area contributed by atoms with E-state index in [0.29, 0.717) is 15.9 Å². The first-order valence-electron chi connectivity index (χ1n) is 7.43. The molecule has 0 radical (unpaired) electrons. The largest absolute Gasteiger partial charge is 0.331 e. The summed E-state index contributed by atoms with van der Waals surface area (Å²) < 4.78 is 1.87. The fraction of sp³-hybridized carbons (Fsp3) is 0.0556. The number of fused-ring (bicyclic) bond motifs is 2. The Labute approximate surface area is 141 Å². The smallest absolute Gasteiger partial charge is 0.246 e. The van der Waals surface area contributed by atoms with Crippen LogP contribution in [0.4, 0.5) is 5.13 Å². The van der Waals surface area contributed by atoms with Crippen molar-refractivity contribution in [2.75, 3.05) is 5.32 Å². The van der Waals surface area contributed by atoms with E-state index in [2.05, 4.69) is 10.3 Å². The van der Waals surface area contributed by atoms with Crippen LogP contribution in [0.2, 0.25) is 0 Å². The molecule has 0 saturated heterocycles. The van der Waals surface area contributed by atoms with Crippen LogP contribution in [0, 0.1) is 0 Å². The van der Waals surface area contributed by atoms with Crippen molar-refractivity contribution in [1.29, 1.82) is 0 Å². The Bertz CT molecular complexity index is 1040. The molecule has 4 aromatic rings. The first-order valence-corrected chi connectivity index (χ1v) is 8.31. The highest BCUT2D eigenvalue weighted by Gasteiger charge is 2.13. The number of para-hydroxylation sites is 2. The van der Waals surface area contributed by atoms with Crippen molar-refractivity contribution in [3.8, 4) is 0 Å². The van der Waals surface area contributed by atoms with E-state index in [1.165, 1.54) is 11.3 Å². The van der Waals surface area contributed by atoms with Crippen molar-refractivity contribution in [1.82, 2.24) is 9.55 Å². The van der Waals surface area contributed by atoms with Crippen molar-refractivity contribution in [2.24, 2.45) is 0 Å². The number of nitrogens with zero attached hydrogens (tertiary/aromatic N) is 2. The van der Waals surface area contributed by atoms with Crippen molar-refractivity contribution < 1.29 is 4.79 Å². The third-order valence-electron chi connectivity index (χ3n) is 3.86. The van der Waals surface area contributed by atoms with Crippen LogP contribution in [-0.2, 0) is 11.3 Å². The van der Waals surface area contributed by atoms with Crippen molar-refractivity contribution in [3.05, 3.63) is 70.3 Å². The number of amides is 1. The van der Waals surface area contributed by atoms with E-state index < -0.39 is 0 Å². The number of aromatic nitrogens is 2. The zero-order chi connectivity index (χ0) is 16.5. The Hall–Kier alpha value is -2.99. The lowest BCUT2D eigenvalue weighted by Gasteiger charge is -2.14. The summed E-state index contributed by atoms with van der Waals surface area (Å²) in [5, 5.41) is 6.37. The molecule has 0 saturated carbocycles. The monoisotopic (exact) mass is 335 g/mol. The lowest BCUT2D eigenvalue weighted by molar-refractivity contribution is -0.116. The fourth-order valence-electron chi connectivity index (χ4n) is 2.83. The van der Waals surface area contributed by atoms with E-state index in [-0.39, 0.29) is 17.9 Å². The first-order chi connectivity index (χ1) is 11.7. The molecule has 1 N–H and O–H groups in total. The average molecular weight is 335 g/mol. The summed E-state index contributed by atoms with van der Waals surface area (Å²) in [5.74, 6) is -0.177. The lowest BCUT2D eigenvalue weighted by Crippen LogP contribution is -2.21. The zero-order valence-corrected chi connectivity index (χ0v) is 13.4. The molecule has 0 fully saturated rings. The number of rotatable bonds is 3. The molecule has 24 heavy (non-hydrogen) atoms. The minimum absolute atomic E-state index is 0.0159. The number of hydrogen-bond donors (Lipinski definition) is 1. The van der Waals surface area contributed by atoms with Crippen LogP contribution in [0.15, 0.2) is 64.9 Å². The summed E-state index contributed by atoms with van der Waals surface area (Å²) in [6, 6.07) is 14.7. The van der Waals surface area contributed by atoms with Crippen LogP contribution < -0.4 is 10.7 Å². The molecule has 4 rings (SSSR count). The molecule has 0 bridgehead atoms. The van der Waals surface area contributed by atoms with E-state index >= 15 is 0 Å². The normalized spacial score (nSPS) is 11.0. The maximum Gasteiger partial charge on any atom is 0.246 e. The van der Waals surface area contributed by atoms with Gasteiger partial charge in [-0.1, -0.05) is 24.3 Å². The maximum atomic E-state index is 12.7.